The Morgan fingerprint density at radius 2 is 1.94 bits per heavy atom. The number of nitrogens with zero attached hydrogens (tertiary/aromatic N) is 1. The Morgan fingerprint density at radius 1 is 1.24 bits per heavy atom. The average molecular weight is 236 g/mol. The van der Waals surface area contributed by atoms with Crippen molar-refractivity contribution in [1.82, 2.24) is 0 Å². The first-order valence-corrected chi connectivity index (χ1v) is 4.95. The molecule has 0 aliphatic heterocycles. The van der Waals surface area contributed by atoms with Crippen LogP contribution >= 0.6 is 0 Å². The van der Waals surface area contributed by atoms with Gasteiger partial charge in [0.1, 0.15) is 6.20 Å². The number of hydrogen-bond donors (Lipinski definition) is 1. The zero-order valence-electron chi connectivity index (χ0n) is 9.63. The molecule has 0 unspecified atom stereocenters. The van der Waals surface area contributed by atoms with Crippen LogP contribution in [-0.4, -0.2) is 11.1 Å². The molecule has 0 fully saturated rings. The first-order chi connectivity index (χ1) is 7.77. The quantitative estimate of drug-likeness (QED) is 0.401. The maximum Gasteiger partial charge on any atom is 1.00 e. The number of pyridine rings is 1. The van der Waals surface area contributed by atoms with Gasteiger partial charge in [-0.2, -0.15) is 6.07 Å². The summed E-state index contributed by atoms with van der Waals surface area (Å²) in [4.78, 5) is 11.0. The zero-order valence-corrected chi connectivity index (χ0v) is 11.6. The molecule has 4 heteroatoms. The molecule has 17 heavy (non-hydrogen) atoms. The zero-order chi connectivity index (χ0) is 11.4. The van der Waals surface area contributed by atoms with Crippen LogP contribution in [0, 0.1) is 6.07 Å². The van der Waals surface area contributed by atoms with E-state index in [4.69, 9.17) is 5.11 Å². The fraction of sp³-hybridized carbons (Fsp3) is 0.0769. The predicted molar refractivity (Wildman–Crippen MR) is 58.0 cm³/mol. The third-order valence-corrected chi connectivity index (χ3v) is 2.27. The van der Waals surface area contributed by atoms with Crippen molar-refractivity contribution in [3.05, 3.63) is 66.0 Å². The number of carboxylic acids is 1. The van der Waals surface area contributed by atoms with Gasteiger partial charge in [0.25, 0.3) is 5.97 Å². The number of benzene rings is 1. The molecule has 0 amide bonds. The molecule has 2 rings (SSSR count). The Hall–Kier alpha value is -1.16. The third-order valence-electron chi connectivity index (χ3n) is 2.27. The number of aromatic nitrogens is 1. The molecule has 1 aromatic carbocycles. The second-order valence-electron chi connectivity index (χ2n) is 3.42. The van der Waals surface area contributed by atoms with E-state index in [0.717, 1.165) is 5.56 Å². The van der Waals surface area contributed by atoms with Crippen molar-refractivity contribution in [2.24, 2.45) is 0 Å². The van der Waals surface area contributed by atoms with Crippen LogP contribution in [0.15, 0.2) is 48.7 Å². The van der Waals surface area contributed by atoms with Crippen molar-refractivity contribution in [1.29, 1.82) is 0 Å². The van der Waals surface area contributed by atoms with Crippen molar-refractivity contribution in [3.63, 3.8) is 0 Å². The van der Waals surface area contributed by atoms with Crippen molar-refractivity contribution in [2.75, 3.05) is 0 Å². The molecule has 0 bridgehead atoms. The normalized spacial score (nSPS) is 9.41. The minimum absolute atomic E-state index is 0. The second-order valence-corrected chi connectivity index (χ2v) is 3.42. The summed E-state index contributed by atoms with van der Waals surface area (Å²) < 4.78 is 1.66. The molecule has 0 saturated carbocycles. The number of aromatic carboxylic acids is 1. The third kappa shape index (κ3) is 3.66. The molecule has 0 aliphatic carbocycles. The van der Waals surface area contributed by atoms with Crippen LogP contribution < -0.4 is 34.1 Å². The Kier molecular flexibility index (Phi) is 5.35. The summed E-state index contributed by atoms with van der Waals surface area (Å²) >= 11 is 0. The maximum absolute atomic E-state index is 11.0. The largest absolute Gasteiger partial charge is 1.00 e. The molecular weight excluding hydrogens is 225 g/mol. The molecule has 0 atom stereocenters. The van der Waals surface area contributed by atoms with Crippen molar-refractivity contribution >= 4 is 5.97 Å². The summed E-state index contributed by atoms with van der Waals surface area (Å²) in [6.45, 7) is 0.541. The smallest absolute Gasteiger partial charge is 0.530 e. The molecule has 0 aliphatic rings. The number of carbonyl (C=O) groups is 1. The summed E-state index contributed by atoms with van der Waals surface area (Å²) in [5.41, 5.74) is 1.24. The van der Waals surface area contributed by atoms with E-state index in [0.29, 0.717) is 6.54 Å². The molecule has 0 radical (unpaired) electrons. The van der Waals surface area contributed by atoms with E-state index >= 15 is 0 Å². The number of carboxylic acid groups (broad SMARTS) is 1. The molecule has 1 heterocycles. The van der Waals surface area contributed by atoms with Gasteiger partial charge >= 0.3 is 29.6 Å². The van der Waals surface area contributed by atoms with Crippen LogP contribution in [0.2, 0.25) is 0 Å². The number of hydrogen-bond acceptors (Lipinski definition) is 1. The number of rotatable bonds is 3. The van der Waals surface area contributed by atoms with Crippen LogP contribution in [0.3, 0.4) is 0 Å². The molecular formula is C13H11NNaO2+. The molecule has 80 valence electrons. The molecule has 0 spiro atoms. The SMILES string of the molecule is O=C(O)c1[c-]ccc[n+]1Cc1ccccc1.[Na+]. The molecule has 1 aromatic heterocycles. The minimum atomic E-state index is -0.962. The maximum atomic E-state index is 11.0. The van der Waals surface area contributed by atoms with Gasteiger partial charge in [-0.3, -0.25) is 0 Å². The van der Waals surface area contributed by atoms with Crippen LogP contribution in [0.4, 0.5) is 0 Å². The monoisotopic (exact) mass is 236 g/mol. The minimum Gasteiger partial charge on any atom is -0.530 e. The Labute approximate surface area is 122 Å². The standard InChI is InChI=1S/C13H11NO2.Na/c15-13(16)12-8-4-5-9-14(12)10-11-6-2-1-3-7-11;/h1-7,9H,10H2,(H,15,16);/q;+1. The van der Waals surface area contributed by atoms with E-state index < -0.39 is 5.97 Å². The predicted octanol–water partition coefficient (Wildman–Crippen LogP) is -1.48. The van der Waals surface area contributed by atoms with E-state index in [2.05, 4.69) is 6.07 Å². The summed E-state index contributed by atoms with van der Waals surface area (Å²) in [6.07, 6.45) is 1.74. The summed E-state index contributed by atoms with van der Waals surface area (Å²) in [5, 5.41) is 8.99. The first-order valence-electron chi connectivity index (χ1n) is 4.95. The van der Waals surface area contributed by atoms with Gasteiger partial charge in [0.15, 0.2) is 12.2 Å². The van der Waals surface area contributed by atoms with E-state index in [1.807, 2.05) is 30.3 Å². The van der Waals surface area contributed by atoms with E-state index in [1.54, 1.807) is 22.9 Å². The van der Waals surface area contributed by atoms with Crippen LogP contribution in [0.25, 0.3) is 0 Å². The summed E-state index contributed by atoms with van der Waals surface area (Å²) in [7, 11) is 0. The second kappa shape index (κ2) is 6.55. The van der Waals surface area contributed by atoms with Crippen LogP contribution in [0.5, 0.6) is 0 Å². The van der Waals surface area contributed by atoms with E-state index in [1.165, 1.54) is 0 Å². The fourth-order valence-electron chi connectivity index (χ4n) is 1.53. The topological polar surface area (TPSA) is 41.2 Å². The molecule has 0 saturated heterocycles. The van der Waals surface area contributed by atoms with Gasteiger partial charge in [0, 0.05) is 5.56 Å². The van der Waals surface area contributed by atoms with Gasteiger partial charge in [0.2, 0.25) is 0 Å². The Balaban J connectivity index is 0.00000144. The average Bonchev–Trinajstić information content (AvgIpc) is 2.31. The molecule has 2 aromatic rings. The van der Waals surface area contributed by atoms with Crippen LogP contribution in [0.1, 0.15) is 16.1 Å². The molecule has 3 nitrogen and oxygen atoms in total. The summed E-state index contributed by atoms with van der Waals surface area (Å²) in [6, 6.07) is 15.8. The van der Waals surface area contributed by atoms with Gasteiger partial charge < -0.3 is 9.90 Å². The Bertz CT molecular complexity index is 500. The first kappa shape index (κ1) is 13.9. The van der Waals surface area contributed by atoms with E-state index in [-0.39, 0.29) is 35.3 Å². The van der Waals surface area contributed by atoms with Crippen molar-refractivity contribution in [3.8, 4) is 0 Å². The van der Waals surface area contributed by atoms with Gasteiger partial charge in [-0.05, 0) is 0 Å². The molecule has 1 N–H and O–H groups in total. The summed E-state index contributed by atoms with van der Waals surface area (Å²) in [5.74, 6) is -0.962. The van der Waals surface area contributed by atoms with Gasteiger partial charge in [-0.1, -0.05) is 42.5 Å². The van der Waals surface area contributed by atoms with Gasteiger partial charge in [-0.25, -0.2) is 4.57 Å². The van der Waals surface area contributed by atoms with Crippen LogP contribution in [-0.2, 0) is 6.54 Å². The van der Waals surface area contributed by atoms with Gasteiger partial charge in [0.05, 0.1) is 0 Å². The van der Waals surface area contributed by atoms with E-state index in [9.17, 15) is 4.79 Å². The van der Waals surface area contributed by atoms with Crippen molar-refractivity contribution < 1.29 is 44.0 Å². The fourth-order valence-corrected chi connectivity index (χ4v) is 1.53. The Morgan fingerprint density at radius 3 is 2.59 bits per heavy atom. The van der Waals surface area contributed by atoms with Crippen molar-refractivity contribution in [2.45, 2.75) is 6.54 Å². The van der Waals surface area contributed by atoms with Gasteiger partial charge in [-0.15, -0.1) is 0 Å².